The van der Waals surface area contributed by atoms with Crippen molar-refractivity contribution in [1.29, 1.82) is 0 Å². The van der Waals surface area contributed by atoms with Crippen molar-refractivity contribution in [2.24, 2.45) is 5.92 Å². The highest BCUT2D eigenvalue weighted by atomic mass is 35.5. The van der Waals surface area contributed by atoms with E-state index < -0.39 is 0 Å². The van der Waals surface area contributed by atoms with Gasteiger partial charge in [0.05, 0.1) is 5.92 Å². The van der Waals surface area contributed by atoms with E-state index in [4.69, 9.17) is 0 Å². The van der Waals surface area contributed by atoms with Crippen LogP contribution in [0, 0.1) is 5.92 Å². The zero-order valence-corrected chi connectivity index (χ0v) is 14.3. The molecule has 0 saturated carbocycles. The number of nitrogens with zero attached hydrogens (tertiary/aromatic N) is 2. The van der Waals surface area contributed by atoms with Crippen LogP contribution in [0.25, 0.3) is 0 Å². The molecule has 2 aromatic rings. The van der Waals surface area contributed by atoms with Crippen molar-refractivity contribution in [1.82, 2.24) is 15.5 Å². The molecule has 1 atom stereocenters. The van der Waals surface area contributed by atoms with E-state index in [0.717, 1.165) is 40.9 Å². The Labute approximate surface area is 143 Å². The van der Waals surface area contributed by atoms with E-state index in [1.807, 2.05) is 24.3 Å². The summed E-state index contributed by atoms with van der Waals surface area (Å²) in [4.78, 5) is 13.2. The number of piperidine rings is 1. The maximum atomic E-state index is 12.1. The molecule has 3 rings (SSSR count). The third-order valence-corrected chi connectivity index (χ3v) is 5.12. The maximum absolute atomic E-state index is 12.1. The second kappa shape index (κ2) is 8.47. The number of amides is 1. The molecule has 1 saturated heterocycles. The average molecular weight is 357 g/mol. The van der Waals surface area contributed by atoms with Crippen LogP contribution < -0.4 is 10.6 Å². The second-order valence-electron chi connectivity index (χ2n) is 4.86. The lowest BCUT2D eigenvalue weighted by Crippen LogP contribution is -2.37. The number of hydrogen-bond donors (Lipinski definition) is 2. The van der Waals surface area contributed by atoms with Crippen LogP contribution in [0.5, 0.6) is 0 Å². The standard InChI is InChI=1S/C14H16N4OS2.ClH/c19-13(10-2-1-7-15-8-10)17-11-3-5-12(6-4-11)21-14-18-16-9-20-14;/h3-6,9-10,15H,1-2,7-8H2,(H,17,19);1H. The fourth-order valence-electron chi connectivity index (χ4n) is 2.23. The van der Waals surface area contributed by atoms with Crippen molar-refractivity contribution in [3.8, 4) is 0 Å². The quantitative estimate of drug-likeness (QED) is 0.881. The largest absolute Gasteiger partial charge is 0.326 e. The van der Waals surface area contributed by atoms with Gasteiger partial charge in [-0.05, 0) is 43.7 Å². The lowest BCUT2D eigenvalue weighted by atomic mass is 9.99. The molecule has 1 aromatic heterocycles. The normalized spacial score (nSPS) is 17.5. The molecule has 1 fully saturated rings. The molecule has 2 N–H and O–H groups in total. The van der Waals surface area contributed by atoms with Gasteiger partial charge in [-0.25, -0.2) is 0 Å². The van der Waals surface area contributed by atoms with Gasteiger partial charge in [-0.15, -0.1) is 22.6 Å². The number of nitrogens with one attached hydrogen (secondary N) is 2. The van der Waals surface area contributed by atoms with E-state index in [1.54, 1.807) is 17.3 Å². The summed E-state index contributed by atoms with van der Waals surface area (Å²) < 4.78 is 0.917. The number of carbonyl (C=O) groups excluding carboxylic acids is 1. The topological polar surface area (TPSA) is 66.9 Å². The molecule has 1 amide bonds. The molecule has 0 spiro atoms. The fourth-order valence-corrected chi connectivity index (χ4v) is 3.69. The van der Waals surface area contributed by atoms with E-state index in [9.17, 15) is 4.79 Å². The first kappa shape index (κ1) is 17.2. The van der Waals surface area contributed by atoms with Crippen LogP contribution >= 0.6 is 35.5 Å². The monoisotopic (exact) mass is 356 g/mol. The Kier molecular flexibility index (Phi) is 6.63. The zero-order valence-electron chi connectivity index (χ0n) is 11.8. The van der Waals surface area contributed by atoms with E-state index >= 15 is 0 Å². The Morgan fingerprint density at radius 2 is 2.18 bits per heavy atom. The second-order valence-corrected chi connectivity index (χ2v) is 7.02. The first-order valence-corrected chi connectivity index (χ1v) is 8.56. The van der Waals surface area contributed by atoms with Gasteiger partial charge in [0, 0.05) is 17.1 Å². The van der Waals surface area contributed by atoms with Crippen LogP contribution in [0.15, 0.2) is 39.0 Å². The van der Waals surface area contributed by atoms with Gasteiger partial charge in [-0.3, -0.25) is 4.79 Å². The van der Waals surface area contributed by atoms with Crippen molar-refractivity contribution in [2.45, 2.75) is 22.1 Å². The molecule has 1 unspecified atom stereocenters. The Morgan fingerprint density at radius 1 is 1.36 bits per heavy atom. The third kappa shape index (κ3) is 4.67. The molecule has 0 bridgehead atoms. The lowest BCUT2D eigenvalue weighted by Gasteiger charge is -2.21. The zero-order chi connectivity index (χ0) is 14.5. The number of anilines is 1. The number of carbonyl (C=O) groups is 1. The third-order valence-electron chi connectivity index (χ3n) is 3.33. The smallest absolute Gasteiger partial charge is 0.228 e. The summed E-state index contributed by atoms with van der Waals surface area (Å²) >= 11 is 3.09. The Morgan fingerprint density at radius 3 is 2.82 bits per heavy atom. The highest BCUT2D eigenvalue weighted by Gasteiger charge is 2.20. The first-order chi connectivity index (χ1) is 10.3. The van der Waals surface area contributed by atoms with Gasteiger partial charge >= 0.3 is 0 Å². The molecule has 8 heteroatoms. The van der Waals surface area contributed by atoms with Gasteiger partial charge in [0.1, 0.15) is 5.51 Å². The summed E-state index contributed by atoms with van der Waals surface area (Å²) in [6.07, 6.45) is 2.03. The molecule has 1 aromatic carbocycles. The number of halogens is 1. The van der Waals surface area contributed by atoms with E-state index in [-0.39, 0.29) is 24.2 Å². The molecule has 22 heavy (non-hydrogen) atoms. The number of aromatic nitrogens is 2. The molecule has 5 nitrogen and oxygen atoms in total. The van der Waals surface area contributed by atoms with Gasteiger partial charge < -0.3 is 10.6 Å². The van der Waals surface area contributed by atoms with Gasteiger partial charge in [-0.2, -0.15) is 0 Å². The van der Waals surface area contributed by atoms with Crippen molar-refractivity contribution in [3.63, 3.8) is 0 Å². The Bertz CT molecular complexity index is 585. The minimum atomic E-state index is 0. The molecule has 0 aliphatic carbocycles. The minimum Gasteiger partial charge on any atom is -0.326 e. The molecule has 1 aliphatic rings. The minimum absolute atomic E-state index is 0. The fraction of sp³-hybridized carbons (Fsp3) is 0.357. The van der Waals surface area contributed by atoms with Crippen molar-refractivity contribution < 1.29 is 4.79 Å². The molecular formula is C14H17ClN4OS2. The van der Waals surface area contributed by atoms with Crippen LogP contribution in [0.3, 0.4) is 0 Å². The highest BCUT2D eigenvalue weighted by Crippen LogP contribution is 2.29. The highest BCUT2D eigenvalue weighted by molar-refractivity contribution is 8.01. The van der Waals surface area contributed by atoms with Gasteiger partial charge in [0.15, 0.2) is 4.34 Å². The summed E-state index contributed by atoms with van der Waals surface area (Å²) in [5.74, 6) is 0.181. The van der Waals surface area contributed by atoms with Crippen molar-refractivity contribution in [3.05, 3.63) is 29.8 Å². The van der Waals surface area contributed by atoms with Gasteiger partial charge in [0.25, 0.3) is 0 Å². The number of rotatable bonds is 4. The molecule has 0 radical (unpaired) electrons. The maximum Gasteiger partial charge on any atom is 0.228 e. The predicted molar refractivity (Wildman–Crippen MR) is 91.9 cm³/mol. The van der Waals surface area contributed by atoms with E-state index in [0.29, 0.717) is 0 Å². The summed E-state index contributed by atoms with van der Waals surface area (Å²) in [7, 11) is 0. The lowest BCUT2D eigenvalue weighted by molar-refractivity contribution is -0.120. The SMILES string of the molecule is Cl.O=C(Nc1ccc(Sc2nncs2)cc1)C1CCCNC1. The van der Waals surface area contributed by atoms with Crippen molar-refractivity contribution in [2.75, 3.05) is 18.4 Å². The summed E-state index contributed by atoms with van der Waals surface area (Å²) in [6, 6.07) is 7.83. The number of hydrogen-bond acceptors (Lipinski definition) is 6. The van der Waals surface area contributed by atoms with Crippen LogP contribution in [-0.4, -0.2) is 29.2 Å². The Balaban J connectivity index is 0.00000176. The summed E-state index contributed by atoms with van der Waals surface area (Å²) in [6.45, 7) is 1.79. The molecule has 118 valence electrons. The van der Waals surface area contributed by atoms with Gasteiger partial charge in [0.2, 0.25) is 5.91 Å². The van der Waals surface area contributed by atoms with Crippen LogP contribution in [0.1, 0.15) is 12.8 Å². The Hall–Kier alpha value is -1.15. The van der Waals surface area contributed by atoms with Crippen LogP contribution in [0.4, 0.5) is 5.69 Å². The summed E-state index contributed by atoms with van der Waals surface area (Å²) in [5.41, 5.74) is 2.56. The van der Waals surface area contributed by atoms with E-state index in [1.165, 1.54) is 11.3 Å². The van der Waals surface area contributed by atoms with Crippen molar-refractivity contribution >= 4 is 47.1 Å². The van der Waals surface area contributed by atoms with E-state index in [2.05, 4.69) is 20.8 Å². The first-order valence-electron chi connectivity index (χ1n) is 6.87. The average Bonchev–Trinajstić information content (AvgIpc) is 3.03. The number of benzene rings is 1. The molecular weight excluding hydrogens is 340 g/mol. The van der Waals surface area contributed by atoms with Crippen LogP contribution in [0.2, 0.25) is 0 Å². The van der Waals surface area contributed by atoms with Gasteiger partial charge in [-0.1, -0.05) is 23.1 Å². The van der Waals surface area contributed by atoms with Crippen LogP contribution in [-0.2, 0) is 4.79 Å². The summed E-state index contributed by atoms with van der Waals surface area (Å²) in [5, 5.41) is 14.1. The molecule has 2 heterocycles. The molecule has 1 aliphatic heterocycles. The predicted octanol–water partition coefficient (Wildman–Crippen LogP) is 3.05.